The maximum Gasteiger partial charge on any atom is 0.321 e. The molecule has 2 aliphatic heterocycles. The molecule has 0 aromatic heterocycles. The third-order valence-corrected chi connectivity index (χ3v) is 3.90. The van der Waals surface area contributed by atoms with Crippen LogP contribution in [0.1, 0.15) is 12.0 Å². The second-order valence-electron chi connectivity index (χ2n) is 5.44. The Morgan fingerprint density at radius 2 is 2.16 bits per heavy atom. The van der Waals surface area contributed by atoms with Crippen LogP contribution < -0.4 is 5.32 Å². The van der Waals surface area contributed by atoms with Gasteiger partial charge in [-0.25, -0.2) is 0 Å². The lowest BCUT2D eigenvalue weighted by Crippen LogP contribution is -2.38. The minimum Gasteiger partial charge on any atom is -0.424 e. The Morgan fingerprint density at radius 1 is 1.37 bits per heavy atom. The highest BCUT2D eigenvalue weighted by Gasteiger charge is 2.37. The van der Waals surface area contributed by atoms with Crippen LogP contribution in [0.15, 0.2) is 30.3 Å². The van der Waals surface area contributed by atoms with E-state index in [9.17, 15) is 4.79 Å². The standard InChI is InChI=1S/C14H19BN2O2/c18-7-6-12-9-17(8-11-4-2-1-3-5-11)10-13(12)16-14-15-19-14/h1-5,7,12-16H,6,8-10H2/t12-,13-,14?/m0/s1. The maximum absolute atomic E-state index is 10.8. The third kappa shape index (κ3) is 3.44. The molecule has 2 aliphatic rings. The lowest BCUT2D eigenvalue weighted by Gasteiger charge is -2.17. The molecular weight excluding hydrogens is 239 g/mol. The van der Waals surface area contributed by atoms with Gasteiger partial charge in [0.15, 0.2) is 0 Å². The minimum absolute atomic E-state index is 0.218. The number of aldehydes is 1. The Balaban J connectivity index is 1.59. The average Bonchev–Trinajstić information content (AvgIpc) is 3.15. The van der Waals surface area contributed by atoms with Gasteiger partial charge in [-0.3, -0.25) is 10.2 Å². The van der Waals surface area contributed by atoms with Crippen LogP contribution in [0.5, 0.6) is 0 Å². The number of hydrogen-bond acceptors (Lipinski definition) is 4. The summed E-state index contributed by atoms with van der Waals surface area (Å²) >= 11 is 0. The van der Waals surface area contributed by atoms with E-state index in [1.54, 1.807) is 0 Å². The monoisotopic (exact) mass is 258 g/mol. The van der Waals surface area contributed by atoms with Gasteiger partial charge in [0.2, 0.25) is 0 Å². The molecule has 4 nitrogen and oxygen atoms in total. The van der Waals surface area contributed by atoms with E-state index in [1.807, 2.05) is 6.07 Å². The smallest absolute Gasteiger partial charge is 0.321 e. The van der Waals surface area contributed by atoms with Crippen LogP contribution in [0, 0.1) is 5.92 Å². The van der Waals surface area contributed by atoms with Crippen LogP contribution in [0.2, 0.25) is 0 Å². The fourth-order valence-corrected chi connectivity index (χ4v) is 2.87. The van der Waals surface area contributed by atoms with E-state index in [1.165, 1.54) is 5.56 Å². The minimum atomic E-state index is 0.218. The summed E-state index contributed by atoms with van der Waals surface area (Å²) in [4.78, 5) is 13.2. The lowest BCUT2D eigenvalue weighted by atomic mass is 9.99. The number of carbonyl (C=O) groups excluding carboxylic acids is 1. The van der Waals surface area contributed by atoms with Crippen LogP contribution in [-0.4, -0.2) is 43.9 Å². The summed E-state index contributed by atoms with van der Waals surface area (Å²) in [5.74, 6) is 0.408. The first-order valence-corrected chi connectivity index (χ1v) is 6.92. The van der Waals surface area contributed by atoms with Crippen molar-refractivity contribution in [2.75, 3.05) is 13.1 Å². The van der Waals surface area contributed by atoms with Crippen molar-refractivity contribution in [1.82, 2.24) is 10.2 Å². The molecule has 3 atom stereocenters. The van der Waals surface area contributed by atoms with Crippen molar-refractivity contribution in [3.05, 3.63) is 35.9 Å². The average molecular weight is 258 g/mol. The Kier molecular flexibility index (Phi) is 3.96. The summed E-state index contributed by atoms with van der Waals surface area (Å²) in [6.07, 6.45) is 1.89. The van der Waals surface area contributed by atoms with Gasteiger partial charge in [0, 0.05) is 32.1 Å². The van der Waals surface area contributed by atoms with E-state index in [4.69, 9.17) is 4.65 Å². The van der Waals surface area contributed by atoms with Gasteiger partial charge >= 0.3 is 7.48 Å². The fourth-order valence-electron chi connectivity index (χ4n) is 2.87. The summed E-state index contributed by atoms with van der Waals surface area (Å²) in [6.45, 7) is 2.94. The van der Waals surface area contributed by atoms with Gasteiger partial charge in [-0.05, 0) is 11.5 Å². The van der Waals surface area contributed by atoms with Crippen LogP contribution >= 0.6 is 0 Å². The normalized spacial score (nSPS) is 30.0. The molecule has 0 spiro atoms. The first-order chi connectivity index (χ1) is 9.35. The summed E-state index contributed by atoms with van der Waals surface area (Å²) < 4.78 is 5.23. The molecule has 0 saturated carbocycles. The third-order valence-electron chi connectivity index (χ3n) is 3.90. The van der Waals surface area contributed by atoms with E-state index in [0.717, 1.165) is 33.4 Å². The van der Waals surface area contributed by atoms with Crippen molar-refractivity contribution >= 4 is 13.8 Å². The Hall–Kier alpha value is -1.17. The molecular formula is C14H19BN2O2. The molecule has 1 N–H and O–H groups in total. The van der Waals surface area contributed by atoms with E-state index in [2.05, 4.69) is 34.5 Å². The Bertz CT molecular complexity index is 425. The molecule has 100 valence electrons. The quantitative estimate of drug-likeness (QED) is 0.454. The van der Waals surface area contributed by atoms with Crippen molar-refractivity contribution in [2.24, 2.45) is 5.92 Å². The second-order valence-corrected chi connectivity index (χ2v) is 5.44. The Labute approximate surface area is 114 Å². The number of likely N-dealkylation sites (tertiary alicyclic amines) is 1. The number of nitrogens with zero attached hydrogens (tertiary/aromatic N) is 1. The zero-order valence-electron chi connectivity index (χ0n) is 11.0. The molecule has 3 rings (SSSR count). The van der Waals surface area contributed by atoms with Crippen molar-refractivity contribution < 1.29 is 9.45 Å². The molecule has 0 aliphatic carbocycles. The highest BCUT2D eigenvalue weighted by Crippen LogP contribution is 2.23. The molecule has 0 amide bonds. The number of benzene rings is 1. The molecule has 1 aromatic rings. The Morgan fingerprint density at radius 3 is 2.84 bits per heavy atom. The molecule has 19 heavy (non-hydrogen) atoms. The summed E-state index contributed by atoms with van der Waals surface area (Å²) in [5, 5.41) is 3.48. The van der Waals surface area contributed by atoms with Crippen molar-refractivity contribution in [2.45, 2.75) is 25.1 Å². The predicted molar refractivity (Wildman–Crippen MR) is 74.8 cm³/mol. The van der Waals surface area contributed by atoms with Crippen LogP contribution in [-0.2, 0) is 16.0 Å². The molecule has 2 fully saturated rings. The number of carbonyl (C=O) groups is 1. The van der Waals surface area contributed by atoms with Crippen LogP contribution in [0.4, 0.5) is 0 Å². The van der Waals surface area contributed by atoms with Gasteiger partial charge in [-0.1, -0.05) is 30.3 Å². The van der Waals surface area contributed by atoms with Gasteiger partial charge in [0.05, 0.1) is 6.13 Å². The van der Waals surface area contributed by atoms with E-state index in [0.29, 0.717) is 18.4 Å². The summed E-state index contributed by atoms with van der Waals surface area (Å²) in [6, 6.07) is 10.9. The second kappa shape index (κ2) is 5.86. The molecule has 1 unspecified atom stereocenters. The number of rotatable bonds is 6. The number of nitrogens with one attached hydrogen (secondary N) is 1. The highest BCUT2D eigenvalue weighted by atomic mass is 16.5. The molecule has 0 bridgehead atoms. The molecule has 5 heteroatoms. The van der Waals surface area contributed by atoms with Crippen molar-refractivity contribution in [1.29, 1.82) is 0 Å². The van der Waals surface area contributed by atoms with Crippen molar-refractivity contribution in [3.63, 3.8) is 0 Å². The van der Waals surface area contributed by atoms with E-state index < -0.39 is 0 Å². The van der Waals surface area contributed by atoms with Gasteiger partial charge < -0.3 is 9.45 Å². The predicted octanol–water partition coefficient (Wildman–Crippen LogP) is 0.331. The molecule has 0 radical (unpaired) electrons. The fraction of sp³-hybridized carbons (Fsp3) is 0.500. The number of hydrogen-bond donors (Lipinski definition) is 1. The maximum atomic E-state index is 10.8. The zero-order valence-corrected chi connectivity index (χ0v) is 11.0. The van der Waals surface area contributed by atoms with E-state index in [-0.39, 0.29) is 6.13 Å². The summed E-state index contributed by atoms with van der Waals surface area (Å²) in [5.41, 5.74) is 1.33. The SMILES string of the molecule is O=CC[C@H]1CN(Cc2ccccc2)C[C@@H]1NC1BO1. The lowest BCUT2D eigenvalue weighted by molar-refractivity contribution is -0.108. The molecule has 1 aromatic carbocycles. The van der Waals surface area contributed by atoms with Gasteiger partial charge in [-0.15, -0.1) is 0 Å². The van der Waals surface area contributed by atoms with Gasteiger partial charge in [0.25, 0.3) is 0 Å². The first-order valence-electron chi connectivity index (χ1n) is 6.92. The van der Waals surface area contributed by atoms with Crippen LogP contribution in [0.25, 0.3) is 0 Å². The van der Waals surface area contributed by atoms with E-state index >= 15 is 0 Å². The van der Waals surface area contributed by atoms with Crippen molar-refractivity contribution in [3.8, 4) is 0 Å². The first kappa shape index (κ1) is 12.8. The molecule has 2 heterocycles. The molecule has 2 saturated heterocycles. The highest BCUT2D eigenvalue weighted by molar-refractivity contribution is 6.38. The topological polar surface area (TPSA) is 44.9 Å². The van der Waals surface area contributed by atoms with Gasteiger partial charge in [-0.2, -0.15) is 0 Å². The van der Waals surface area contributed by atoms with Crippen LogP contribution in [0.3, 0.4) is 0 Å². The summed E-state index contributed by atoms with van der Waals surface area (Å²) in [7, 11) is 0.809. The van der Waals surface area contributed by atoms with Gasteiger partial charge in [0.1, 0.15) is 6.29 Å². The zero-order chi connectivity index (χ0) is 13.1. The largest absolute Gasteiger partial charge is 0.424 e.